The van der Waals surface area contributed by atoms with Gasteiger partial charge in [-0.1, -0.05) is 20.4 Å². The fraction of sp³-hybridized carbons (Fsp3) is 0.154. The van der Waals surface area contributed by atoms with E-state index in [1.54, 1.807) is 24.1 Å². The number of rotatable bonds is 8. The van der Waals surface area contributed by atoms with Gasteiger partial charge in [0.15, 0.2) is 17.3 Å². The molecule has 1 amide bonds. The minimum absolute atomic E-state index is 0.0182. The predicted octanol–water partition coefficient (Wildman–Crippen LogP) is 5.51. The molecule has 0 aliphatic heterocycles. The molecule has 4 rings (SSSR count). The van der Waals surface area contributed by atoms with Crippen molar-refractivity contribution < 1.29 is 23.4 Å². The van der Waals surface area contributed by atoms with Gasteiger partial charge in [0.25, 0.3) is 0 Å². The van der Waals surface area contributed by atoms with Crippen LogP contribution in [0.3, 0.4) is 0 Å². The number of nitrogens with one attached hydrogen (secondary N) is 3. The number of phenolic OH excluding ortho intramolecular Hbond substituents is 1. The molecular formula is C26H27F2N7O3. The van der Waals surface area contributed by atoms with Gasteiger partial charge in [-0.05, 0) is 42.0 Å². The highest BCUT2D eigenvalue weighted by atomic mass is 19.1. The fourth-order valence-electron chi connectivity index (χ4n) is 3.27. The van der Waals surface area contributed by atoms with Gasteiger partial charge in [0.05, 0.1) is 24.7 Å². The van der Waals surface area contributed by atoms with Crippen molar-refractivity contribution >= 4 is 34.7 Å². The zero-order valence-electron chi connectivity index (χ0n) is 21.2. The van der Waals surface area contributed by atoms with Crippen LogP contribution in [0.15, 0.2) is 61.6 Å². The summed E-state index contributed by atoms with van der Waals surface area (Å²) in [6, 6.07) is 6.40. The standard InChI is InChI=1S/C24H21F2N7O3.C2H6/c1-4-21(34)29-14-5-6-17(25)19(9-14)31-23-16(13-7-18(26)22(35)20(8-13)36-3)11-27-24(32-23)30-15-10-28-33(2)12-15;1-2/h4-12,35H,1H2,2-3H3,(H,29,34)(H2,27,30,31,32);1-2H3. The summed E-state index contributed by atoms with van der Waals surface area (Å²) in [6.07, 6.45) is 5.76. The highest BCUT2D eigenvalue weighted by Gasteiger charge is 2.17. The second-order valence-corrected chi connectivity index (χ2v) is 7.51. The summed E-state index contributed by atoms with van der Waals surface area (Å²) >= 11 is 0. The summed E-state index contributed by atoms with van der Waals surface area (Å²) < 4.78 is 35.7. The Kier molecular flexibility index (Phi) is 8.93. The van der Waals surface area contributed by atoms with Crippen molar-refractivity contribution in [3.8, 4) is 22.6 Å². The summed E-state index contributed by atoms with van der Waals surface area (Å²) in [5.41, 5.74) is 1.44. The quantitative estimate of drug-likeness (QED) is 0.223. The van der Waals surface area contributed by atoms with Crippen LogP contribution in [-0.2, 0) is 11.8 Å². The van der Waals surface area contributed by atoms with Crippen molar-refractivity contribution in [2.24, 2.45) is 7.05 Å². The van der Waals surface area contributed by atoms with Gasteiger partial charge in [-0.3, -0.25) is 9.48 Å². The number of aryl methyl sites for hydroxylation is 1. The maximum absolute atomic E-state index is 14.7. The number of benzene rings is 2. The van der Waals surface area contributed by atoms with E-state index in [4.69, 9.17) is 4.74 Å². The van der Waals surface area contributed by atoms with E-state index in [0.717, 1.165) is 12.1 Å². The molecule has 0 unspecified atom stereocenters. The van der Waals surface area contributed by atoms with Crippen LogP contribution in [0.25, 0.3) is 11.1 Å². The molecule has 0 radical (unpaired) electrons. The SMILES string of the molecule is C=CC(=O)Nc1ccc(F)c(Nc2nc(Nc3cnn(C)c3)ncc2-c2cc(F)c(O)c(OC)c2)c1.CC. The van der Waals surface area contributed by atoms with Crippen molar-refractivity contribution in [3.63, 3.8) is 0 Å². The van der Waals surface area contributed by atoms with Crippen molar-refractivity contribution in [1.82, 2.24) is 19.7 Å². The molecule has 2 heterocycles. The topological polar surface area (TPSA) is 126 Å². The molecule has 0 atom stereocenters. The number of halogens is 2. The molecule has 4 N–H and O–H groups in total. The Labute approximate surface area is 218 Å². The fourth-order valence-corrected chi connectivity index (χ4v) is 3.27. The Bertz CT molecular complexity index is 1460. The third kappa shape index (κ3) is 6.40. The maximum atomic E-state index is 14.7. The summed E-state index contributed by atoms with van der Waals surface area (Å²) in [6.45, 7) is 7.39. The number of carbonyl (C=O) groups excluding carboxylic acids is 1. The number of hydrogen-bond acceptors (Lipinski definition) is 8. The first-order chi connectivity index (χ1) is 18.3. The highest BCUT2D eigenvalue weighted by Crippen LogP contribution is 2.38. The summed E-state index contributed by atoms with van der Waals surface area (Å²) in [4.78, 5) is 20.4. The highest BCUT2D eigenvalue weighted by molar-refractivity contribution is 5.99. The Hall–Kier alpha value is -5.00. The average molecular weight is 524 g/mol. The van der Waals surface area contributed by atoms with E-state index in [1.807, 2.05) is 13.8 Å². The first kappa shape index (κ1) is 27.6. The summed E-state index contributed by atoms with van der Waals surface area (Å²) in [5.74, 6) is -2.52. The molecule has 2 aromatic carbocycles. The Morgan fingerprint density at radius 1 is 1.11 bits per heavy atom. The molecular weight excluding hydrogens is 496 g/mol. The van der Waals surface area contributed by atoms with E-state index in [2.05, 4.69) is 37.6 Å². The average Bonchev–Trinajstić information content (AvgIpc) is 3.33. The normalized spacial score (nSPS) is 10.2. The van der Waals surface area contributed by atoms with Gasteiger partial charge in [-0.15, -0.1) is 0 Å². The Morgan fingerprint density at radius 3 is 2.53 bits per heavy atom. The molecule has 198 valence electrons. The zero-order valence-corrected chi connectivity index (χ0v) is 21.2. The smallest absolute Gasteiger partial charge is 0.247 e. The lowest BCUT2D eigenvalue weighted by Gasteiger charge is -2.15. The number of nitrogens with zero attached hydrogens (tertiary/aromatic N) is 4. The molecule has 0 aliphatic carbocycles. The first-order valence-corrected chi connectivity index (χ1v) is 11.5. The van der Waals surface area contributed by atoms with Gasteiger partial charge in [-0.25, -0.2) is 13.8 Å². The molecule has 38 heavy (non-hydrogen) atoms. The number of methoxy groups -OCH3 is 1. The van der Waals surface area contributed by atoms with Gasteiger partial charge in [0, 0.05) is 30.7 Å². The number of ether oxygens (including phenoxy) is 1. The summed E-state index contributed by atoms with van der Waals surface area (Å²) in [7, 11) is 3.03. The number of amides is 1. The van der Waals surface area contributed by atoms with Gasteiger partial charge in [-0.2, -0.15) is 10.1 Å². The van der Waals surface area contributed by atoms with Crippen LogP contribution in [-0.4, -0.2) is 37.9 Å². The van der Waals surface area contributed by atoms with Gasteiger partial charge >= 0.3 is 0 Å². The molecule has 4 aromatic rings. The second-order valence-electron chi connectivity index (χ2n) is 7.51. The number of aromatic nitrogens is 4. The second kappa shape index (κ2) is 12.3. The zero-order chi connectivity index (χ0) is 27.8. The summed E-state index contributed by atoms with van der Waals surface area (Å²) in [5, 5.41) is 22.4. The van der Waals surface area contributed by atoms with Crippen LogP contribution in [0.4, 0.5) is 37.6 Å². The van der Waals surface area contributed by atoms with Crippen LogP contribution in [0.1, 0.15) is 13.8 Å². The molecule has 10 nitrogen and oxygen atoms in total. The van der Waals surface area contributed by atoms with Gasteiger partial charge in [0.2, 0.25) is 11.9 Å². The molecule has 0 bridgehead atoms. The largest absolute Gasteiger partial charge is 0.502 e. The van der Waals surface area contributed by atoms with Crippen molar-refractivity contribution in [1.29, 1.82) is 0 Å². The van der Waals surface area contributed by atoms with E-state index >= 15 is 0 Å². The van der Waals surface area contributed by atoms with E-state index in [0.29, 0.717) is 11.4 Å². The molecule has 0 fully saturated rings. The third-order valence-corrected chi connectivity index (χ3v) is 4.98. The molecule has 0 aliphatic rings. The minimum atomic E-state index is -0.923. The molecule has 0 spiro atoms. The number of hydrogen-bond donors (Lipinski definition) is 4. The van der Waals surface area contributed by atoms with E-state index in [1.165, 1.54) is 37.6 Å². The van der Waals surface area contributed by atoms with Crippen molar-refractivity contribution in [3.05, 3.63) is 73.2 Å². The predicted molar refractivity (Wildman–Crippen MR) is 142 cm³/mol. The lowest BCUT2D eigenvalue weighted by Crippen LogP contribution is -2.08. The van der Waals surface area contributed by atoms with Crippen molar-refractivity contribution in [2.45, 2.75) is 13.8 Å². The van der Waals surface area contributed by atoms with Crippen LogP contribution < -0.4 is 20.7 Å². The van der Waals surface area contributed by atoms with Crippen LogP contribution in [0, 0.1) is 11.6 Å². The number of phenols is 1. The first-order valence-electron chi connectivity index (χ1n) is 11.5. The van der Waals surface area contributed by atoms with Gasteiger partial charge < -0.3 is 25.8 Å². The molecule has 2 aromatic heterocycles. The number of carbonyl (C=O) groups is 1. The van der Waals surface area contributed by atoms with Crippen LogP contribution >= 0.6 is 0 Å². The lowest BCUT2D eigenvalue weighted by molar-refractivity contribution is -0.111. The number of anilines is 5. The maximum Gasteiger partial charge on any atom is 0.247 e. The van der Waals surface area contributed by atoms with E-state index < -0.39 is 23.3 Å². The van der Waals surface area contributed by atoms with Crippen molar-refractivity contribution in [2.75, 3.05) is 23.1 Å². The molecule has 0 saturated heterocycles. The third-order valence-electron chi connectivity index (χ3n) is 4.98. The van der Waals surface area contributed by atoms with E-state index in [9.17, 15) is 18.7 Å². The minimum Gasteiger partial charge on any atom is -0.502 e. The van der Waals surface area contributed by atoms with Crippen LogP contribution in [0.5, 0.6) is 11.5 Å². The van der Waals surface area contributed by atoms with E-state index in [-0.39, 0.29) is 34.3 Å². The Balaban J connectivity index is 0.00000195. The molecule has 0 saturated carbocycles. The van der Waals surface area contributed by atoms with Gasteiger partial charge in [0.1, 0.15) is 11.6 Å². The van der Waals surface area contributed by atoms with Crippen LogP contribution in [0.2, 0.25) is 0 Å². The molecule has 12 heteroatoms. The lowest BCUT2D eigenvalue weighted by atomic mass is 10.1. The Morgan fingerprint density at radius 2 is 1.87 bits per heavy atom. The monoisotopic (exact) mass is 523 g/mol. The number of aromatic hydroxyl groups is 1.